The van der Waals surface area contributed by atoms with E-state index in [-0.39, 0.29) is 0 Å². The van der Waals surface area contributed by atoms with Crippen molar-refractivity contribution in [1.82, 2.24) is 25.2 Å². The minimum absolute atomic E-state index is 0.625. The maximum absolute atomic E-state index is 5.85. The van der Waals surface area contributed by atoms with Crippen LogP contribution in [0, 0.1) is 0 Å². The lowest BCUT2D eigenvalue weighted by molar-refractivity contribution is 0.211. The fourth-order valence-electron chi connectivity index (χ4n) is 4.50. The number of aromatic nitrogens is 3. The molecule has 9 nitrogen and oxygen atoms in total. The zero-order valence-corrected chi connectivity index (χ0v) is 21.0. The molecule has 0 unspecified atom stereocenters. The highest BCUT2D eigenvalue weighted by Gasteiger charge is 2.16. The van der Waals surface area contributed by atoms with Gasteiger partial charge in [-0.1, -0.05) is 13.0 Å². The Morgan fingerprint density at radius 1 is 1.14 bits per heavy atom. The SMILES string of the molecule is CC/C(=C/N)c1nc(NCc2ccc(OCCCN3CCNCC3)nc2)cc(N2CCCCC2)n1. The average molecular weight is 481 g/mol. The molecule has 2 saturated heterocycles. The Morgan fingerprint density at radius 3 is 2.69 bits per heavy atom. The summed E-state index contributed by atoms with van der Waals surface area (Å²) in [6, 6.07) is 6.04. The van der Waals surface area contributed by atoms with Gasteiger partial charge in [-0.15, -0.1) is 0 Å². The molecule has 0 atom stereocenters. The van der Waals surface area contributed by atoms with Gasteiger partial charge in [0.05, 0.1) is 6.61 Å². The van der Waals surface area contributed by atoms with Crippen molar-refractivity contribution in [3.63, 3.8) is 0 Å². The number of allylic oxidation sites excluding steroid dienone is 1. The lowest BCUT2D eigenvalue weighted by Crippen LogP contribution is -2.43. The predicted octanol–water partition coefficient (Wildman–Crippen LogP) is 2.86. The van der Waals surface area contributed by atoms with E-state index in [0.717, 1.165) is 81.4 Å². The van der Waals surface area contributed by atoms with E-state index in [0.29, 0.717) is 24.9 Å². The fourth-order valence-corrected chi connectivity index (χ4v) is 4.50. The van der Waals surface area contributed by atoms with Crippen LogP contribution in [0.15, 0.2) is 30.6 Å². The van der Waals surface area contributed by atoms with Gasteiger partial charge in [0.1, 0.15) is 11.6 Å². The molecular weight excluding hydrogens is 440 g/mol. The molecule has 35 heavy (non-hydrogen) atoms. The summed E-state index contributed by atoms with van der Waals surface area (Å²) < 4.78 is 5.85. The van der Waals surface area contributed by atoms with Gasteiger partial charge in [0.25, 0.3) is 0 Å². The predicted molar refractivity (Wildman–Crippen MR) is 142 cm³/mol. The highest BCUT2D eigenvalue weighted by molar-refractivity contribution is 5.63. The number of anilines is 2. The van der Waals surface area contributed by atoms with Gasteiger partial charge in [0.15, 0.2) is 5.82 Å². The van der Waals surface area contributed by atoms with Crippen LogP contribution in [0.5, 0.6) is 5.88 Å². The summed E-state index contributed by atoms with van der Waals surface area (Å²) in [5.41, 5.74) is 7.88. The first kappa shape index (κ1) is 25.2. The van der Waals surface area contributed by atoms with E-state index in [1.807, 2.05) is 18.3 Å². The molecule has 9 heteroatoms. The zero-order valence-electron chi connectivity index (χ0n) is 21.0. The van der Waals surface area contributed by atoms with E-state index in [4.69, 9.17) is 20.4 Å². The van der Waals surface area contributed by atoms with Crippen LogP contribution in [0.2, 0.25) is 0 Å². The minimum atomic E-state index is 0.625. The number of rotatable bonds is 11. The second-order valence-electron chi connectivity index (χ2n) is 9.18. The maximum atomic E-state index is 5.85. The van der Waals surface area contributed by atoms with Crippen molar-refractivity contribution in [3.05, 3.63) is 42.0 Å². The molecular formula is C26H40N8O. The van der Waals surface area contributed by atoms with Crippen LogP contribution in [0.1, 0.15) is 50.4 Å². The van der Waals surface area contributed by atoms with Crippen molar-refractivity contribution >= 4 is 17.2 Å². The average Bonchev–Trinajstić information content (AvgIpc) is 2.92. The molecule has 0 bridgehead atoms. The summed E-state index contributed by atoms with van der Waals surface area (Å²) >= 11 is 0. The van der Waals surface area contributed by atoms with Crippen molar-refractivity contribution < 1.29 is 4.74 Å². The van der Waals surface area contributed by atoms with E-state index in [1.165, 1.54) is 19.3 Å². The quantitative estimate of drug-likeness (QED) is 0.419. The highest BCUT2D eigenvalue weighted by Crippen LogP contribution is 2.24. The summed E-state index contributed by atoms with van der Waals surface area (Å²) in [6.07, 6.45) is 8.97. The molecule has 0 saturated carbocycles. The standard InChI is InChI=1S/C26H40N8O/c1-2-22(18-27)26-31-23(17-24(32-26)34-12-4-3-5-13-34)29-19-21-7-8-25(30-20-21)35-16-6-11-33-14-9-28-10-15-33/h7-8,17-18,20,28H,2-6,9-16,19,27H2,1H3,(H,29,31,32)/b22-18-. The molecule has 0 aromatic carbocycles. The van der Waals surface area contributed by atoms with E-state index in [9.17, 15) is 0 Å². The molecule has 2 aromatic heterocycles. The van der Waals surface area contributed by atoms with Gasteiger partial charge >= 0.3 is 0 Å². The Balaban J connectivity index is 1.31. The Hall–Kier alpha value is -2.91. The summed E-state index contributed by atoms with van der Waals surface area (Å²) in [5.74, 6) is 3.14. The molecule has 4 heterocycles. The van der Waals surface area contributed by atoms with Crippen LogP contribution in [-0.2, 0) is 6.54 Å². The van der Waals surface area contributed by atoms with Gasteiger partial charge in [-0.3, -0.25) is 0 Å². The molecule has 190 valence electrons. The van der Waals surface area contributed by atoms with Crippen LogP contribution in [-0.4, -0.2) is 72.3 Å². The Kier molecular flexibility index (Phi) is 9.54. The molecule has 4 N–H and O–H groups in total. The maximum Gasteiger partial charge on any atom is 0.213 e. The Labute approximate surface area is 209 Å². The summed E-state index contributed by atoms with van der Waals surface area (Å²) in [5, 5.41) is 6.84. The van der Waals surface area contributed by atoms with Gasteiger partial charge in [0.2, 0.25) is 5.88 Å². The molecule has 4 rings (SSSR count). The molecule has 2 fully saturated rings. The topological polar surface area (TPSA) is 104 Å². The zero-order chi connectivity index (χ0) is 24.3. The Bertz CT molecular complexity index is 937. The van der Waals surface area contributed by atoms with Crippen LogP contribution in [0.3, 0.4) is 0 Å². The van der Waals surface area contributed by atoms with Crippen molar-refractivity contribution in [2.75, 3.05) is 62.6 Å². The van der Waals surface area contributed by atoms with Gasteiger partial charge < -0.3 is 30.9 Å². The number of ether oxygens (including phenoxy) is 1. The molecule has 0 aliphatic carbocycles. The molecule has 2 aromatic rings. The largest absolute Gasteiger partial charge is 0.478 e. The Morgan fingerprint density at radius 2 is 1.97 bits per heavy atom. The highest BCUT2D eigenvalue weighted by atomic mass is 16.5. The number of pyridine rings is 1. The van der Waals surface area contributed by atoms with Crippen molar-refractivity contribution in [2.24, 2.45) is 5.73 Å². The molecule has 0 radical (unpaired) electrons. The smallest absolute Gasteiger partial charge is 0.213 e. The number of hydrogen-bond acceptors (Lipinski definition) is 9. The van der Waals surface area contributed by atoms with Crippen LogP contribution >= 0.6 is 0 Å². The lowest BCUT2D eigenvalue weighted by atomic mass is 10.1. The van der Waals surface area contributed by atoms with E-state index < -0.39 is 0 Å². The second kappa shape index (κ2) is 13.3. The van der Waals surface area contributed by atoms with Gasteiger partial charge in [0, 0.05) is 82.5 Å². The fraction of sp³-hybridized carbons (Fsp3) is 0.577. The van der Waals surface area contributed by atoms with Crippen molar-refractivity contribution in [1.29, 1.82) is 0 Å². The number of piperidine rings is 1. The number of hydrogen-bond donors (Lipinski definition) is 3. The van der Waals surface area contributed by atoms with Gasteiger partial charge in [-0.25, -0.2) is 15.0 Å². The molecule has 0 spiro atoms. The molecule has 2 aliphatic rings. The number of nitrogens with zero attached hydrogens (tertiary/aromatic N) is 5. The molecule has 2 aliphatic heterocycles. The number of nitrogens with two attached hydrogens (primary N) is 1. The van der Waals surface area contributed by atoms with Gasteiger partial charge in [-0.05, 0) is 37.7 Å². The first-order chi connectivity index (χ1) is 17.2. The molecule has 0 amide bonds. The second-order valence-corrected chi connectivity index (χ2v) is 9.18. The van der Waals surface area contributed by atoms with Gasteiger partial charge in [-0.2, -0.15) is 0 Å². The first-order valence-electron chi connectivity index (χ1n) is 13.0. The van der Waals surface area contributed by atoms with Crippen LogP contribution < -0.4 is 26.0 Å². The van der Waals surface area contributed by atoms with E-state index in [1.54, 1.807) is 6.20 Å². The first-order valence-corrected chi connectivity index (χ1v) is 13.0. The summed E-state index contributed by atoms with van der Waals surface area (Å²) in [4.78, 5) is 18.9. The van der Waals surface area contributed by atoms with Crippen LogP contribution in [0.4, 0.5) is 11.6 Å². The summed E-state index contributed by atoms with van der Waals surface area (Å²) in [7, 11) is 0. The third-order valence-electron chi connectivity index (χ3n) is 6.61. The minimum Gasteiger partial charge on any atom is -0.478 e. The summed E-state index contributed by atoms with van der Waals surface area (Å²) in [6.45, 7) is 10.9. The lowest BCUT2D eigenvalue weighted by Gasteiger charge is -2.28. The third-order valence-corrected chi connectivity index (χ3v) is 6.61. The van der Waals surface area contributed by atoms with Crippen molar-refractivity contribution in [3.8, 4) is 5.88 Å². The number of piperazine rings is 1. The monoisotopic (exact) mass is 480 g/mol. The van der Waals surface area contributed by atoms with E-state index in [2.05, 4.69) is 38.4 Å². The van der Waals surface area contributed by atoms with E-state index >= 15 is 0 Å². The van der Waals surface area contributed by atoms with Crippen molar-refractivity contribution in [2.45, 2.75) is 45.6 Å². The number of nitrogens with one attached hydrogen (secondary N) is 2. The van der Waals surface area contributed by atoms with Crippen LogP contribution in [0.25, 0.3) is 5.57 Å². The third kappa shape index (κ3) is 7.53. The normalized spacial score (nSPS) is 17.4.